The average molecular weight is 416 g/mol. The van der Waals surface area contributed by atoms with Gasteiger partial charge in [-0.25, -0.2) is 9.78 Å². The number of nitrogens with zero attached hydrogens (tertiary/aromatic N) is 4. The number of rotatable bonds is 4. The van der Waals surface area contributed by atoms with E-state index >= 15 is 0 Å². The molecule has 5 rings (SSSR count). The topological polar surface area (TPSA) is 67.7 Å². The third-order valence-corrected chi connectivity index (χ3v) is 5.92. The van der Waals surface area contributed by atoms with Gasteiger partial charge in [0, 0.05) is 26.1 Å². The van der Waals surface area contributed by atoms with Crippen molar-refractivity contribution >= 4 is 6.09 Å². The number of carbonyl (C=O) groups is 1. The molecule has 7 nitrogen and oxygen atoms in total. The van der Waals surface area contributed by atoms with Gasteiger partial charge in [-0.3, -0.25) is 14.3 Å². The summed E-state index contributed by atoms with van der Waals surface area (Å²) in [4.78, 5) is 33.9. The second kappa shape index (κ2) is 8.35. The highest BCUT2D eigenvalue weighted by Gasteiger charge is 2.27. The molecule has 0 aliphatic carbocycles. The fraction of sp³-hybridized carbons (Fsp3) is 0.292. The van der Waals surface area contributed by atoms with Crippen molar-refractivity contribution < 1.29 is 9.53 Å². The molecule has 0 atom stereocenters. The molecule has 3 heterocycles. The summed E-state index contributed by atoms with van der Waals surface area (Å²) >= 11 is 0. The molecule has 0 fully saturated rings. The largest absolute Gasteiger partial charge is 0.433 e. The van der Waals surface area contributed by atoms with E-state index < -0.39 is 0 Å². The molecule has 0 saturated carbocycles. The zero-order valence-corrected chi connectivity index (χ0v) is 17.2. The van der Waals surface area contributed by atoms with Crippen molar-refractivity contribution in [2.45, 2.75) is 32.6 Å². The van der Waals surface area contributed by atoms with Crippen molar-refractivity contribution in [3.63, 3.8) is 0 Å². The molecule has 2 aromatic carbocycles. The Morgan fingerprint density at radius 3 is 2.42 bits per heavy atom. The summed E-state index contributed by atoms with van der Waals surface area (Å²) in [5.41, 5.74) is 4.83. The van der Waals surface area contributed by atoms with E-state index in [1.54, 1.807) is 15.8 Å². The van der Waals surface area contributed by atoms with Gasteiger partial charge in [-0.2, -0.15) is 0 Å². The van der Waals surface area contributed by atoms with E-state index in [4.69, 9.17) is 4.74 Å². The maximum absolute atomic E-state index is 13.0. The van der Waals surface area contributed by atoms with Crippen molar-refractivity contribution in [2.75, 3.05) is 13.3 Å². The smallest absolute Gasteiger partial charge is 0.411 e. The van der Waals surface area contributed by atoms with Gasteiger partial charge in [0.05, 0.1) is 30.7 Å². The summed E-state index contributed by atoms with van der Waals surface area (Å²) in [5, 5.41) is 0. The van der Waals surface area contributed by atoms with Gasteiger partial charge in [-0.1, -0.05) is 54.6 Å². The van der Waals surface area contributed by atoms with Gasteiger partial charge in [-0.15, -0.1) is 0 Å². The Bertz CT molecular complexity index is 1130. The van der Waals surface area contributed by atoms with Gasteiger partial charge in [0.15, 0.2) is 0 Å². The lowest BCUT2D eigenvalue weighted by Gasteiger charge is -2.28. The molecule has 0 spiro atoms. The van der Waals surface area contributed by atoms with Crippen LogP contribution in [0.25, 0.3) is 0 Å². The number of ether oxygens (including phenoxy) is 1. The van der Waals surface area contributed by atoms with Crippen molar-refractivity contribution in [3.05, 3.63) is 99.2 Å². The summed E-state index contributed by atoms with van der Waals surface area (Å²) < 4.78 is 7.16. The molecule has 0 bridgehead atoms. The van der Waals surface area contributed by atoms with Gasteiger partial charge >= 0.3 is 6.09 Å². The molecule has 158 valence electrons. The number of carbonyl (C=O) groups excluding carboxylic acids is 1. The van der Waals surface area contributed by atoms with Crippen LogP contribution in [0.5, 0.6) is 0 Å². The van der Waals surface area contributed by atoms with E-state index in [0.29, 0.717) is 25.1 Å². The van der Waals surface area contributed by atoms with Crippen LogP contribution in [0.2, 0.25) is 0 Å². The monoisotopic (exact) mass is 416 g/mol. The predicted octanol–water partition coefficient (Wildman–Crippen LogP) is 2.76. The fourth-order valence-electron chi connectivity index (χ4n) is 4.23. The van der Waals surface area contributed by atoms with Gasteiger partial charge in [0.2, 0.25) is 0 Å². The minimum absolute atomic E-state index is 0.0960. The van der Waals surface area contributed by atoms with E-state index in [2.05, 4.69) is 22.0 Å². The first-order chi connectivity index (χ1) is 15.2. The maximum Gasteiger partial charge on any atom is 0.411 e. The normalized spacial score (nSPS) is 15.4. The lowest BCUT2D eigenvalue weighted by atomic mass is 10.1. The second-order valence-corrected chi connectivity index (χ2v) is 8.06. The number of hydrogen-bond donors (Lipinski definition) is 0. The van der Waals surface area contributed by atoms with Gasteiger partial charge in [0.1, 0.15) is 6.73 Å². The van der Waals surface area contributed by atoms with E-state index in [-0.39, 0.29) is 24.9 Å². The summed E-state index contributed by atoms with van der Waals surface area (Å²) in [7, 11) is 0. The molecule has 1 amide bonds. The van der Waals surface area contributed by atoms with E-state index in [9.17, 15) is 9.59 Å². The van der Waals surface area contributed by atoms with Crippen LogP contribution in [-0.2, 0) is 37.3 Å². The van der Waals surface area contributed by atoms with Crippen LogP contribution in [0.1, 0.15) is 27.9 Å². The zero-order valence-electron chi connectivity index (χ0n) is 17.2. The third kappa shape index (κ3) is 4.09. The summed E-state index contributed by atoms with van der Waals surface area (Å²) in [6, 6.07) is 18.1. The van der Waals surface area contributed by atoms with Gasteiger partial charge in [-0.05, 0) is 16.7 Å². The van der Waals surface area contributed by atoms with Crippen molar-refractivity contribution in [3.8, 4) is 0 Å². The number of aromatic nitrogens is 2. The van der Waals surface area contributed by atoms with Crippen LogP contribution in [0.4, 0.5) is 4.79 Å². The molecule has 0 radical (unpaired) electrons. The first-order valence-corrected chi connectivity index (χ1v) is 10.5. The number of benzene rings is 2. The SMILES string of the molecule is O=C(OCN1Cc2ccccc2C1)N1CCc2ncn(Cc3ccccc3)c(=O)c2C1. The van der Waals surface area contributed by atoms with Gasteiger partial charge in [0.25, 0.3) is 5.56 Å². The molecule has 0 saturated heterocycles. The summed E-state index contributed by atoms with van der Waals surface area (Å²) in [6.45, 7) is 2.99. The molecule has 2 aliphatic rings. The number of amides is 1. The minimum atomic E-state index is -0.389. The molecule has 7 heteroatoms. The molecular weight excluding hydrogens is 392 g/mol. The Balaban J connectivity index is 1.23. The molecule has 0 N–H and O–H groups in total. The van der Waals surface area contributed by atoms with Crippen LogP contribution in [0.3, 0.4) is 0 Å². The quantitative estimate of drug-likeness (QED) is 0.654. The molecule has 0 unspecified atom stereocenters. The van der Waals surface area contributed by atoms with E-state index in [1.165, 1.54) is 11.1 Å². The van der Waals surface area contributed by atoms with E-state index in [1.807, 2.05) is 42.5 Å². The van der Waals surface area contributed by atoms with Gasteiger partial charge < -0.3 is 9.64 Å². The minimum Gasteiger partial charge on any atom is -0.433 e. The van der Waals surface area contributed by atoms with Crippen molar-refractivity contribution in [1.82, 2.24) is 19.4 Å². The molecule has 31 heavy (non-hydrogen) atoms. The van der Waals surface area contributed by atoms with Crippen molar-refractivity contribution in [1.29, 1.82) is 0 Å². The first-order valence-electron chi connectivity index (χ1n) is 10.5. The Morgan fingerprint density at radius 2 is 1.68 bits per heavy atom. The molecule has 3 aromatic rings. The first kappa shape index (κ1) is 19.5. The highest BCUT2D eigenvalue weighted by atomic mass is 16.6. The second-order valence-electron chi connectivity index (χ2n) is 8.06. The Morgan fingerprint density at radius 1 is 0.968 bits per heavy atom. The number of hydrogen-bond acceptors (Lipinski definition) is 5. The summed E-state index contributed by atoms with van der Waals surface area (Å²) in [6.07, 6.45) is 1.77. The average Bonchev–Trinajstić information content (AvgIpc) is 3.23. The van der Waals surface area contributed by atoms with Crippen LogP contribution >= 0.6 is 0 Å². The molecule has 2 aliphatic heterocycles. The molecule has 1 aromatic heterocycles. The Hall–Kier alpha value is -3.45. The zero-order chi connectivity index (χ0) is 21.2. The third-order valence-electron chi connectivity index (χ3n) is 5.92. The lowest BCUT2D eigenvalue weighted by Crippen LogP contribution is -2.42. The van der Waals surface area contributed by atoms with Crippen LogP contribution in [0.15, 0.2) is 65.7 Å². The molecular formula is C24H24N4O3. The standard InChI is InChI=1S/C24H24N4O3/c29-23-21-15-27(24(30)31-17-26-13-19-8-4-5-9-20(19)14-26)11-10-22(21)25-16-28(23)12-18-6-2-1-3-7-18/h1-9,16H,10-15,17H2. The Labute approximate surface area is 180 Å². The van der Waals surface area contributed by atoms with Crippen LogP contribution < -0.4 is 5.56 Å². The summed E-state index contributed by atoms with van der Waals surface area (Å²) in [5.74, 6) is 0. The lowest BCUT2D eigenvalue weighted by molar-refractivity contribution is 0.0395. The number of fused-ring (bicyclic) bond motifs is 2. The van der Waals surface area contributed by atoms with E-state index in [0.717, 1.165) is 24.3 Å². The van der Waals surface area contributed by atoms with Crippen molar-refractivity contribution in [2.24, 2.45) is 0 Å². The highest BCUT2D eigenvalue weighted by Crippen LogP contribution is 2.22. The highest BCUT2D eigenvalue weighted by molar-refractivity contribution is 5.68. The fourth-order valence-corrected chi connectivity index (χ4v) is 4.23. The van der Waals surface area contributed by atoms with Crippen LogP contribution in [-0.4, -0.2) is 38.7 Å². The van der Waals surface area contributed by atoms with Crippen LogP contribution in [0, 0.1) is 0 Å². The maximum atomic E-state index is 13.0. The Kier molecular flexibility index (Phi) is 5.26. The predicted molar refractivity (Wildman–Crippen MR) is 115 cm³/mol.